The number of benzene rings is 2. The summed E-state index contributed by atoms with van der Waals surface area (Å²) in [6.07, 6.45) is 0. The van der Waals surface area contributed by atoms with E-state index in [0.717, 1.165) is 29.9 Å². The summed E-state index contributed by atoms with van der Waals surface area (Å²) in [5, 5.41) is 0.660. The molecule has 2 aromatic carbocycles. The zero-order chi connectivity index (χ0) is 20.8. The van der Waals surface area contributed by atoms with Gasteiger partial charge in [0.25, 0.3) is 5.91 Å². The molecule has 3 aromatic rings. The molecule has 0 bridgehead atoms. The number of amides is 1. The van der Waals surface area contributed by atoms with Crippen molar-refractivity contribution in [1.29, 1.82) is 0 Å². The Kier molecular flexibility index (Phi) is 8.89. The molecule has 162 valence electrons. The maximum Gasteiger partial charge on any atom is 0.263 e. The summed E-state index contributed by atoms with van der Waals surface area (Å²) >= 11 is 1.49. The van der Waals surface area contributed by atoms with Crippen molar-refractivity contribution in [3.63, 3.8) is 0 Å². The number of halogens is 1. The number of ether oxygens (including phenoxy) is 2. The lowest BCUT2D eigenvalue weighted by molar-refractivity contribution is 0.0981. The molecule has 0 unspecified atom stereocenters. The van der Waals surface area contributed by atoms with Crippen LogP contribution in [0.2, 0.25) is 0 Å². The number of likely N-dealkylation sites (N-methyl/N-ethyl adjacent to an activating group) is 1. The molecule has 0 atom stereocenters. The van der Waals surface area contributed by atoms with Crippen LogP contribution in [0, 0.1) is 0 Å². The van der Waals surface area contributed by atoms with E-state index in [1.54, 1.807) is 31.3 Å². The highest BCUT2D eigenvalue weighted by atomic mass is 35.5. The van der Waals surface area contributed by atoms with Crippen LogP contribution >= 0.6 is 23.7 Å². The number of aromatic nitrogens is 1. The van der Waals surface area contributed by atoms with Gasteiger partial charge in [-0.15, -0.1) is 12.4 Å². The van der Waals surface area contributed by atoms with Gasteiger partial charge in [-0.25, -0.2) is 4.98 Å². The number of nitrogens with zero attached hydrogens (tertiary/aromatic N) is 3. The number of carbonyl (C=O) groups is 1. The molecule has 6 nitrogen and oxygen atoms in total. The quantitative estimate of drug-likeness (QED) is 0.473. The van der Waals surface area contributed by atoms with E-state index >= 15 is 0 Å². The molecule has 1 aromatic heterocycles. The first-order valence-corrected chi connectivity index (χ1v) is 10.5. The summed E-state index contributed by atoms with van der Waals surface area (Å²) in [6, 6.07) is 13.1. The number of hydrogen-bond donors (Lipinski definition) is 0. The number of hydrogen-bond acceptors (Lipinski definition) is 6. The molecule has 0 aliphatic rings. The van der Waals surface area contributed by atoms with Crippen molar-refractivity contribution < 1.29 is 14.3 Å². The van der Waals surface area contributed by atoms with Crippen molar-refractivity contribution in [3.8, 4) is 11.5 Å². The van der Waals surface area contributed by atoms with E-state index < -0.39 is 0 Å². The summed E-state index contributed by atoms with van der Waals surface area (Å²) in [6.45, 7) is 7.42. The van der Waals surface area contributed by atoms with Gasteiger partial charge in [0.1, 0.15) is 17.0 Å². The second kappa shape index (κ2) is 11.2. The molecule has 0 N–H and O–H groups in total. The van der Waals surface area contributed by atoms with Crippen LogP contribution in [0.4, 0.5) is 5.13 Å². The Balaban J connectivity index is 0.00000320. The lowest BCUT2D eigenvalue weighted by Gasteiger charge is -2.25. The van der Waals surface area contributed by atoms with Crippen LogP contribution in [0.1, 0.15) is 24.2 Å². The molecule has 0 radical (unpaired) electrons. The van der Waals surface area contributed by atoms with Crippen molar-refractivity contribution in [2.24, 2.45) is 0 Å². The molecule has 0 aliphatic heterocycles. The monoisotopic (exact) mass is 449 g/mol. The number of thiazole rings is 1. The van der Waals surface area contributed by atoms with Crippen LogP contribution in [0.15, 0.2) is 42.5 Å². The Morgan fingerprint density at radius 3 is 2.30 bits per heavy atom. The Hall–Kier alpha value is -2.35. The number of anilines is 1. The van der Waals surface area contributed by atoms with Crippen LogP contribution in [0.3, 0.4) is 0 Å². The van der Waals surface area contributed by atoms with Crippen LogP contribution < -0.4 is 14.4 Å². The molecule has 30 heavy (non-hydrogen) atoms. The van der Waals surface area contributed by atoms with Crippen molar-refractivity contribution in [2.75, 3.05) is 45.3 Å². The van der Waals surface area contributed by atoms with Crippen molar-refractivity contribution in [3.05, 3.63) is 48.0 Å². The topological polar surface area (TPSA) is 54.9 Å². The Morgan fingerprint density at radius 1 is 0.967 bits per heavy atom. The van der Waals surface area contributed by atoms with Gasteiger partial charge in [-0.05, 0) is 37.4 Å². The van der Waals surface area contributed by atoms with E-state index in [4.69, 9.17) is 14.5 Å². The summed E-state index contributed by atoms with van der Waals surface area (Å²) < 4.78 is 11.9. The average Bonchev–Trinajstić information content (AvgIpc) is 3.20. The highest BCUT2D eigenvalue weighted by Gasteiger charge is 2.24. The zero-order valence-electron chi connectivity index (χ0n) is 17.8. The third-order valence-corrected chi connectivity index (χ3v) is 5.98. The third-order valence-electron chi connectivity index (χ3n) is 4.94. The molecule has 0 fully saturated rings. The Morgan fingerprint density at radius 2 is 1.63 bits per heavy atom. The van der Waals surface area contributed by atoms with Gasteiger partial charge in [-0.1, -0.05) is 43.4 Å². The van der Waals surface area contributed by atoms with Crippen molar-refractivity contribution >= 4 is 45.0 Å². The van der Waals surface area contributed by atoms with E-state index in [1.165, 1.54) is 11.3 Å². The summed E-state index contributed by atoms with van der Waals surface area (Å²) in [4.78, 5) is 22.3. The first-order chi connectivity index (χ1) is 14.1. The van der Waals surface area contributed by atoms with Gasteiger partial charge in [-0.2, -0.15) is 0 Å². The maximum atomic E-state index is 13.5. The predicted octanol–water partition coefficient (Wildman–Crippen LogP) is 4.72. The minimum absolute atomic E-state index is 0. The molecule has 0 aliphatic carbocycles. The van der Waals surface area contributed by atoms with Gasteiger partial charge in [-0.3, -0.25) is 9.69 Å². The second-order valence-electron chi connectivity index (χ2n) is 6.49. The van der Waals surface area contributed by atoms with E-state index in [1.807, 2.05) is 30.3 Å². The zero-order valence-corrected chi connectivity index (χ0v) is 19.4. The minimum atomic E-state index is -0.118. The van der Waals surface area contributed by atoms with Crippen LogP contribution in [-0.4, -0.2) is 56.2 Å². The standard InChI is InChI=1S/C22H27N3O3S.ClH/c1-5-24(6-2)14-15-25(21(26)16-10-7-8-11-17(16)27-3)22-23-20-18(28-4)12-9-13-19(20)29-22;/h7-13H,5-6,14-15H2,1-4H3;1H. The fourth-order valence-corrected chi connectivity index (χ4v) is 4.23. The summed E-state index contributed by atoms with van der Waals surface area (Å²) in [7, 11) is 3.21. The number of fused-ring (bicyclic) bond motifs is 1. The predicted molar refractivity (Wildman–Crippen MR) is 126 cm³/mol. The molecule has 8 heteroatoms. The second-order valence-corrected chi connectivity index (χ2v) is 7.50. The van der Waals surface area contributed by atoms with Crippen LogP contribution in [0.25, 0.3) is 10.2 Å². The van der Waals surface area contributed by atoms with E-state index in [2.05, 4.69) is 18.7 Å². The van der Waals surface area contributed by atoms with Gasteiger partial charge in [0, 0.05) is 13.1 Å². The van der Waals surface area contributed by atoms with Crippen LogP contribution in [-0.2, 0) is 0 Å². The molecule has 0 spiro atoms. The highest BCUT2D eigenvalue weighted by molar-refractivity contribution is 7.22. The SMILES string of the molecule is CCN(CC)CCN(C(=O)c1ccccc1OC)c1nc2c(OC)cccc2s1.Cl. The fraction of sp³-hybridized carbons (Fsp3) is 0.364. The normalized spacial score (nSPS) is 10.7. The molecule has 3 rings (SSSR count). The molecular weight excluding hydrogens is 422 g/mol. The van der Waals surface area contributed by atoms with Gasteiger partial charge >= 0.3 is 0 Å². The van der Waals surface area contributed by atoms with Gasteiger partial charge < -0.3 is 14.4 Å². The first-order valence-electron chi connectivity index (χ1n) is 9.73. The Bertz CT molecular complexity index is 975. The molecule has 0 saturated carbocycles. The van der Waals surface area contributed by atoms with Crippen LogP contribution in [0.5, 0.6) is 11.5 Å². The smallest absolute Gasteiger partial charge is 0.263 e. The Labute approximate surface area is 187 Å². The number of rotatable bonds is 9. The van der Waals surface area contributed by atoms with E-state index in [9.17, 15) is 4.79 Å². The summed E-state index contributed by atoms with van der Waals surface area (Å²) in [5.74, 6) is 1.15. The minimum Gasteiger partial charge on any atom is -0.496 e. The molecule has 0 saturated heterocycles. The summed E-state index contributed by atoms with van der Waals surface area (Å²) in [5.41, 5.74) is 1.30. The largest absolute Gasteiger partial charge is 0.496 e. The first kappa shape index (κ1) is 23.9. The van der Waals surface area contributed by atoms with E-state index in [0.29, 0.717) is 28.7 Å². The molecule has 1 heterocycles. The third kappa shape index (κ3) is 5.03. The highest BCUT2D eigenvalue weighted by Crippen LogP contribution is 2.35. The van der Waals surface area contributed by atoms with E-state index in [-0.39, 0.29) is 18.3 Å². The number of para-hydroxylation sites is 2. The number of carbonyl (C=O) groups excluding carboxylic acids is 1. The molecular formula is C22H28ClN3O3S. The molecule has 1 amide bonds. The van der Waals surface area contributed by atoms with Crippen molar-refractivity contribution in [2.45, 2.75) is 13.8 Å². The lowest BCUT2D eigenvalue weighted by atomic mass is 10.1. The lowest BCUT2D eigenvalue weighted by Crippen LogP contribution is -2.39. The fourth-order valence-electron chi connectivity index (χ4n) is 3.22. The van der Waals surface area contributed by atoms with Crippen molar-refractivity contribution in [1.82, 2.24) is 9.88 Å². The van der Waals surface area contributed by atoms with Gasteiger partial charge in [0.15, 0.2) is 5.13 Å². The number of methoxy groups -OCH3 is 2. The van der Waals surface area contributed by atoms with Gasteiger partial charge in [0.05, 0.1) is 24.5 Å². The average molecular weight is 450 g/mol. The van der Waals surface area contributed by atoms with Gasteiger partial charge in [0.2, 0.25) is 0 Å². The maximum absolute atomic E-state index is 13.5.